The van der Waals surface area contributed by atoms with Gasteiger partial charge in [0.2, 0.25) is 0 Å². The number of aliphatic hydroxyl groups excluding tert-OH is 1. The maximum atomic E-state index is 9.54. The van der Waals surface area contributed by atoms with Gasteiger partial charge in [-0.15, -0.1) is 0 Å². The normalized spacial score (nSPS) is 13.0. The van der Waals surface area contributed by atoms with Gasteiger partial charge in [0.25, 0.3) is 0 Å². The zero-order valence-corrected chi connectivity index (χ0v) is 13.5. The van der Waals surface area contributed by atoms with Crippen molar-refractivity contribution < 1.29 is 9.84 Å². The molecule has 0 spiro atoms. The van der Waals surface area contributed by atoms with Gasteiger partial charge in [0.05, 0.1) is 6.10 Å². The van der Waals surface area contributed by atoms with Crippen molar-refractivity contribution in [1.29, 1.82) is 0 Å². The number of aryl methyl sites for hydroxylation is 1. The van der Waals surface area contributed by atoms with Crippen molar-refractivity contribution in [2.24, 2.45) is 0 Å². The minimum Gasteiger partial charge on any atom is -0.457 e. The number of benzene rings is 2. The van der Waals surface area contributed by atoms with E-state index in [4.69, 9.17) is 4.74 Å². The van der Waals surface area contributed by atoms with Crippen molar-refractivity contribution in [3.05, 3.63) is 59.2 Å². The van der Waals surface area contributed by atoms with Crippen LogP contribution >= 0.6 is 0 Å². The van der Waals surface area contributed by atoms with E-state index in [2.05, 4.69) is 39.8 Å². The highest BCUT2D eigenvalue weighted by Crippen LogP contribution is 2.35. The van der Waals surface area contributed by atoms with Crippen LogP contribution in [0.25, 0.3) is 0 Å². The fourth-order valence-corrected chi connectivity index (χ4v) is 2.26. The van der Waals surface area contributed by atoms with Crippen LogP contribution in [0.4, 0.5) is 0 Å². The molecule has 0 aliphatic carbocycles. The third kappa shape index (κ3) is 3.85. The van der Waals surface area contributed by atoms with Gasteiger partial charge in [-0.3, -0.25) is 0 Å². The molecule has 0 saturated heterocycles. The molecule has 2 heteroatoms. The highest BCUT2D eigenvalue weighted by atomic mass is 16.5. The molecule has 0 radical (unpaired) electrons. The van der Waals surface area contributed by atoms with E-state index in [0.717, 1.165) is 17.1 Å². The highest BCUT2D eigenvalue weighted by Gasteiger charge is 2.19. The molecule has 0 heterocycles. The second kappa shape index (κ2) is 5.90. The first-order valence-electron chi connectivity index (χ1n) is 7.34. The SMILES string of the molecule is Cc1ccc(Oc2ccc([C@@H](C)O)cc2)c(C(C)(C)C)c1. The third-order valence-corrected chi connectivity index (χ3v) is 3.53. The largest absolute Gasteiger partial charge is 0.457 e. The summed E-state index contributed by atoms with van der Waals surface area (Å²) in [5.41, 5.74) is 3.35. The van der Waals surface area contributed by atoms with Gasteiger partial charge in [-0.25, -0.2) is 0 Å². The van der Waals surface area contributed by atoms with Crippen LogP contribution in [-0.2, 0) is 5.41 Å². The molecule has 2 nitrogen and oxygen atoms in total. The molecule has 0 saturated carbocycles. The second-order valence-electron chi connectivity index (χ2n) is 6.60. The maximum absolute atomic E-state index is 9.54. The molecule has 1 N–H and O–H groups in total. The van der Waals surface area contributed by atoms with Crippen LogP contribution in [0, 0.1) is 6.92 Å². The van der Waals surface area contributed by atoms with Gasteiger partial charge < -0.3 is 9.84 Å². The Labute approximate surface area is 127 Å². The molecule has 2 rings (SSSR count). The molecule has 2 aromatic carbocycles. The summed E-state index contributed by atoms with van der Waals surface area (Å²) in [6.07, 6.45) is -0.455. The molecular formula is C19H24O2. The van der Waals surface area contributed by atoms with Gasteiger partial charge in [-0.1, -0.05) is 50.6 Å². The van der Waals surface area contributed by atoms with Crippen molar-refractivity contribution in [2.45, 2.75) is 46.1 Å². The van der Waals surface area contributed by atoms with Crippen molar-refractivity contribution >= 4 is 0 Å². The molecule has 0 bridgehead atoms. The molecule has 0 aliphatic rings. The Morgan fingerprint density at radius 3 is 2.14 bits per heavy atom. The Hall–Kier alpha value is -1.80. The van der Waals surface area contributed by atoms with Crippen LogP contribution in [0.2, 0.25) is 0 Å². The summed E-state index contributed by atoms with van der Waals surface area (Å²) in [6.45, 7) is 10.4. The van der Waals surface area contributed by atoms with Gasteiger partial charge in [-0.05, 0) is 43.0 Å². The number of aliphatic hydroxyl groups is 1. The zero-order valence-electron chi connectivity index (χ0n) is 13.5. The van der Waals surface area contributed by atoms with E-state index >= 15 is 0 Å². The number of ether oxygens (including phenoxy) is 1. The van der Waals surface area contributed by atoms with E-state index in [1.165, 1.54) is 11.1 Å². The van der Waals surface area contributed by atoms with Gasteiger partial charge in [0, 0.05) is 5.56 Å². The molecule has 21 heavy (non-hydrogen) atoms. The molecule has 0 aliphatic heterocycles. The number of hydrogen-bond donors (Lipinski definition) is 1. The molecule has 112 valence electrons. The minimum absolute atomic E-state index is 0.0287. The van der Waals surface area contributed by atoms with Crippen LogP contribution < -0.4 is 4.74 Å². The summed E-state index contributed by atoms with van der Waals surface area (Å²) in [5.74, 6) is 1.67. The maximum Gasteiger partial charge on any atom is 0.131 e. The lowest BCUT2D eigenvalue weighted by Crippen LogP contribution is -2.12. The quantitative estimate of drug-likeness (QED) is 0.845. The first-order valence-corrected chi connectivity index (χ1v) is 7.34. The fourth-order valence-electron chi connectivity index (χ4n) is 2.26. The first-order chi connectivity index (χ1) is 9.77. The van der Waals surface area contributed by atoms with E-state index < -0.39 is 6.10 Å². The predicted molar refractivity (Wildman–Crippen MR) is 87.0 cm³/mol. The Morgan fingerprint density at radius 2 is 1.62 bits per heavy atom. The standard InChI is InChI=1S/C19H24O2/c1-13-6-11-18(17(12-13)19(3,4)5)21-16-9-7-15(8-10-16)14(2)20/h6-12,14,20H,1-5H3/t14-/m1/s1. The molecule has 2 aromatic rings. The predicted octanol–water partition coefficient (Wildman–Crippen LogP) is 5.14. The van der Waals surface area contributed by atoms with Crippen molar-refractivity contribution in [3.8, 4) is 11.5 Å². The van der Waals surface area contributed by atoms with Gasteiger partial charge >= 0.3 is 0 Å². The lowest BCUT2D eigenvalue weighted by atomic mass is 9.85. The van der Waals surface area contributed by atoms with E-state index in [0.29, 0.717) is 0 Å². The van der Waals surface area contributed by atoms with Crippen molar-refractivity contribution in [3.63, 3.8) is 0 Å². The number of hydrogen-bond acceptors (Lipinski definition) is 2. The highest BCUT2D eigenvalue weighted by molar-refractivity contribution is 5.44. The summed E-state index contributed by atoms with van der Waals surface area (Å²) in [4.78, 5) is 0. The Balaban J connectivity index is 2.31. The van der Waals surface area contributed by atoms with Crippen molar-refractivity contribution in [2.75, 3.05) is 0 Å². The van der Waals surface area contributed by atoms with Gasteiger partial charge in [0.1, 0.15) is 11.5 Å². The monoisotopic (exact) mass is 284 g/mol. The van der Waals surface area contributed by atoms with Crippen molar-refractivity contribution in [1.82, 2.24) is 0 Å². The molecular weight excluding hydrogens is 260 g/mol. The van der Waals surface area contributed by atoms with Crippen LogP contribution in [0.1, 0.15) is 50.5 Å². The van der Waals surface area contributed by atoms with Crippen LogP contribution in [0.3, 0.4) is 0 Å². The molecule has 0 fully saturated rings. The zero-order chi connectivity index (χ0) is 15.6. The summed E-state index contributed by atoms with van der Waals surface area (Å²) in [5, 5.41) is 9.54. The molecule has 0 amide bonds. The summed E-state index contributed by atoms with van der Waals surface area (Å²) >= 11 is 0. The molecule has 0 aromatic heterocycles. The Morgan fingerprint density at radius 1 is 1.00 bits per heavy atom. The summed E-state index contributed by atoms with van der Waals surface area (Å²) in [6, 6.07) is 13.9. The average molecular weight is 284 g/mol. The van der Waals surface area contributed by atoms with Gasteiger partial charge in [0.15, 0.2) is 0 Å². The second-order valence-corrected chi connectivity index (χ2v) is 6.60. The fraction of sp³-hybridized carbons (Fsp3) is 0.368. The lowest BCUT2D eigenvalue weighted by molar-refractivity contribution is 0.199. The van der Waals surface area contributed by atoms with Crippen LogP contribution in [0.15, 0.2) is 42.5 Å². The minimum atomic E-state index is -0.455. The van der Waals surface area contributed by atoms with E-state index in [9.17, 15) is 5.11 Å². The lowest BCUT2D eigenvalue weighted by Gasteiger charge is -2.23. The van der Waals surface area contributed by atoms with Crippen LogP contribution in [0.5, 0.6) is 11.5 Å². The molecule has 0 unspecified atom stereocenters. The topological polar surface area (TPSA) is 29.5 Å². The Kier molecular flexibility index (Phi) is 4.38. The third-order valence-electron chi connectivity index (χ3n) is 3.53. The summed E-state index contributed by atoms with van der Waals surface area (Å²) < 4.78 is 6.04. The van der Waals surface area contributed by atoms with Crippen LogP contribution in [-0.4, -0.2) is 5.11 Å². The Bertz CT molecular complexity index is 604. The van der Waals surface area contributed by atoms with E-state index in [1.807, 2.05) is 30.3 Å². The van der Waals surface area contributed by atoms with E-state index in [1.54, 1.807) is 6.92 Å². The molecule has 1 atom stereocenters. The first kappa shape index (κ1) is 15.6. The number of rotatable bonds is 3. The summed E-state index contributed by atoms with van der Waals surface area (Å²) in [7, 11) is 0. The smallest absolute Gasteiger partial charge is 0.131 e. The average Bonchev–Trinajstić information content (AvgIpc) is 2.40. The van der Waals surface area contributed by atoms with Gasteiger partial charge in [-0.2, -0.15) is 0 Å². The van der Waals surface area contributed by atoms with E-state index in [-0.39, 0.29) is 5.41 Å².